The molecule has 0 unspecified atom stereocenters. The maximum atomic E-state index is 12.1. The summed E-state index contributed by atoms with van der Waals surface area (Å²) in [5.41, 5.74) is 5.85. The molecular formula is C21H19N9O. The molecule has 31 heavy (non-hydrogen) atoms. The van der Waals surface area contributed by atoms with Crippen molar-refractivity contribution in [2.45, 2.75) is 0 Å². The second kappa shape index (κ2) is 7.58. The Bertz CT molecular complexity index is 1370. The predicted molar refractivity (Wildman–Crippen MR) is 117 cm³/mol. The van der Waals surface area contributed by atoms with Crippen molar-refractivity contribution in [1.29, 1.82) is 0 Å². The number of hydrogen-bond acceptors (Lipinski definition) is 7. The molecule has 0 saturated carbocycles. The Hall–Kier alpha value is -4.18. The molecule has 0 spiro atoms. The van der Waals surface area contributed by atoms with Gasteiger partial charge in [-0.2, -0.15) is 5.10 Å². The molecule has 0 aromatic carbocycles. The predicted octanol–water partition coefficient (Wildman–Crippen LogP) is 2.46. The third-order valence-corrected chi connectivity index (χ3v) is 4.69. The van der Waals surface area contributed by atoms with Crippen LogP contribution in [0.5, 0.6) is 0 Å². The minimum Gasteiger partial charge on any atom is -0.336 e. The highest BCUT2D eigenvalue weighted by atomic mass is 16.2. The number of pyridine rings is 3. The summed E-state index contributed by atoms with van der Waals surface area (Å²) in [6, 6.07) is 7.51. The lowest BCUT2D eigenvalue weighted by molar-refractivity contribution is -0.116. The second-order valence-corrected chi connectivity index (χ2v) is 7.39. The van der Waals surface area contributed by atoms with E-state index in [1.54, 1.807) is 29.7 Å². The van der Waals surface area contributed by atoms with Crippen molar-refractivity contribution in [3.05, 3.63) is 49.1 Å². The smallest absolute Gasteiger partial charge is 0.238 e. The Morgan fingerprint density at radius 1 is 1.06 bits per heavy atom. The van der Waals surface area contributed by atoms with Crippen LogP contribution in [0.1, 0.15) is 0 Å². The topological polar surface area (TPSA) is 128 Å². The van der Waals surface area contributed by atoms with Crippen molar-refractivity contribution in [2.75, 3.05) is 26.0 Å². The number of hydrogen-bond donors (Lipinski definition) is 3. The largest absolute Gasteiger partial charge is 0.336 e. The molecule has 0 bridgehead atoms. The van der Waals surface area contributed by atoms with E-state index in [4.69, 9.17) is 4.98 Å². The maximum Gasteiger partial charge on any atom is 0.238 e. The normalized spacial score (nSPS) is 11.5. The summed E-state index contributed by atoms with van der Waals surface area (Å²) in [6.45, 7) is 0.292. The van der Waals surface area contributed by atoms with Gasteiger partial charge in [-0.15, -0.1) is 0 Å². The Balaban J connectivity index is 1.51. The van der Waals surface area contributed by atoms with Gasteiger partial charge in [-0.3, -0.25) is 19.9 Å². The standard InChI is InChI=1S/C21H19N9O/c1-30(2)11-18(31)24-13-7-12(8-23-9-13)14-3-4-16-19(25-14)20(29-28-16)21-26-15-5-6-22-10-17(15)27-21/h3-10H,11H2,1-2H3,(H,24,31)(H,26,27)(H,28,29). The number of rotatable bonds is 5. The lowest BCUT2D eigenvalue weighted by Gasteiger charge is -2.10. The average Bonchev–Trinajstić information content (AvgIpc) is 3.36. The van der Waals surface area contributed by atoms with Crippen molar-refractivity contribution in [3.8, 4) is 22.8 Å². The van der Waals surface area contributed by atoms with E-state index in [2.05, 4.69) is 35.5 Å². The fourth-order valence-electron chi connectivity index (χ4n) is 3.33. The second-order valence-electron chi connectivity index (χ2n) is 7.39. The van der Waals surface area contributed by atoms with E-state index in [0.717, 1.165) is 22.1 Å². The zero-order valence-corrected chi connectivity index (χ0v) is 16.9. The fourth-order valence-corrected chi connectivity index (χ4v) is 3.33. The number of aromatic amines is 2. The molecule has 1 amide bonds. The summed E-state index contributed by atoms with van der Waals surface area (Å²) in [5, 5.41) is 10.3. The monoisotopic (exact) mass is 413 g/mol. The minimum absolute atomic E-state index is 0.108. The zero-order chi connectivity index (χ0) is 21.4. The number of carbonyl (C=O) groups is 1. The molecule has 0 aliphatic rings. The van der Waals surface area contributed by atoms with Crippen LogP contribution in [0.4, 0.5) is 5.69 Å². The SMILES string of the molecule is CN(C)CC(=O)Nc1cncc(-c2ccc3[nH]nc(-c4nc5cnccc5[nH]4)c3n2)c1. The van der Waals surface area contributed by atoms with Gasteiger partial charge in [0, 0.05) is 18.0 Å². The van der Waals surface area contributed by atoms with Gasteiger partial charge in [0.05, 0.1) is 41.4 Å². The summed E-state index contributed by atoms with van der Waals surface area (Å²) < 4.78 is 0. The van der Waals surface area contributed by atoms with Crippen molar-refractivity contribution in [1.82, 2.24) is 40.0 Å². The summed E-state index contributed by atoms with van der Waals surface area (Å²) in [7, 11) is 3.68. The molecule has 10 heteroatoms. The summed E-state index contributed by atoms with van der Waals surface area (Å²) in [4.78, 5) is 34.8. The Morgan fingerprint density at radius 2 is 1.97 bits per heavy atom. The van der Waals surface area contributed by atoms with E-state index in [9.17, 15) is 4.79 Å². The highest BCUT2D eigenvalue weighted by molar-refractivity contribution is 5.93. The van der Waals surface area contributed by atoms with Crippen LogP contribution in [0.3, 0.4) is 0 Å². The van der Waals surface area contributed by atoms with E-state index < -0.39 is 0 Å². The van der Waals surface area contributed by atoms with Gasteiger partial charge in [0.25, 0.3) is 0 Å². The van der Waals surface area contributed by atoms with Gasteiger partial charge in [0.15, 0.2) is 11.5 Å². The first-order chi connectivity index (χ1) is 15.1. The van der Waals surface area contributed by atoms with Crippen LogP contribution < -0.4 is 5.32 Å². The number of amides is 1. The number of aromatic nitrogens is 7. The number of H-pyrrole nitrogens is 2. The third-order valence-electron chi connectivity index (χ3n) is 4.69. The van der Waals surface area contributed by atoms with Crippen LogP contribution in [0.15, 0.2) is 49.1 Å². The average molecular weight is 413 g/mol. The number of fused-ring (bicyclic) bond motifs is 2. The van der Waals surface area contributed by atoms with Gasteiger partial charge < -0.3 is 15.2 Å². The molecule has 0 saturated heterocycles. The lowest BCUT2D eigenvalue weighted by atomic mass is 10.1. The number of nitrogens with one attached hydrogen (secondary N) is 3. The van der Waals surface area contributed by atoms with E-state index >= 15 is 0 Å². The number of carbonyl (C=O) groups excluding carboxylic acids is 1. The molecule has 10 nitrogen and oxygen atoms in total. The van der Waals surface area contributed by atoms with Gasteiger partial charge in [0.1, 0.15) is 11.0 Å². The number of likely N-dealkylation sites (N-methyl/N-ethyl adjacent to an activating group) is 1. The van der Waals surface area contributed by atoms with Crippen molar-refractivity contribution in [3.63, 3.8) is 0 Å². The van der Waals surface area contributed by atoms with Crippen LogP contribution in [0, 0.1) is 0 Å². The zero-order valence-electron chi connectivity index (χ0n) is 16.9. The number of imidazole rings is 1. The quantitative estimate of drug-likeness (QED) is 0.404. The molecule has 0 aliphatic carbocycles. The molecule has 0 fully saturated rings. The van der Waals surface area contributed by atoms with E-state index in [0.29, 0.717) is 35.0 Å². The first-order valence-electron chi connectivity index (χ1n) is 9.62. The van der Waals surface area contributed by atoms with E-state index in [1.807, 2.05) is 38.4 Å². The highest BCUT2D eigenvalue weighted by Gasteiger charge is 2.15. The summed E-state index contributed by atoms with van der Waals surface area (Å²) >= 11 is 0. The molecule has 0 atom stereocenters. The molecule has 3 N–H and O–H groups in total. The Morgan fingerprint density at radius 3 is 2.81 bits per heavy atom. The Labute approximate surface area is 176 Å². The number of anilines is 1. The number of nitrogens with zero attached hydrogens (tertiary/aromatic N) is 6. The molecular weight excluding hydrogens is 394 g/mol. The summed E-state index contributed by atoms with van der Waals surface area (Å²) in [6.07, 6.45) is 6.73. The Kier molecular flexibility index (Phi) is 4.60. The van der Waals surface area contributed by atoms with Gasteiger partial charge >= 0.3 is 0 Å². The van der Waals surface area contributed by atoms with Gasteiger partial charge in [-0.05, 0) is 38.4 Å². The maximum absolute atomic E-state index is 12.1. The third kappa shape index (κ3) is 3.71. The molecule has 0 radical (unpaired) electrons. The molecule has 5 heterocycles. The minimum atomic E-state index is -0.108. The van der Waals surface area contributed by atoms with Gasteiger partial charge in [0.2, 0.25) is 5.91 Å². The molecule has 5 rings (SSSR count). The first kappa shape index (κ1) is 18.8. The van der Waals surface area contributed by atoms with Gasteiger partial charge in [-0.1, -0.05) is 0 Å². The first-order valence-corrected chi connectivity index (χ1v) is 9.62. The van der Waals surface area contributed by atoms with Crippen LogP contribution in [-0.2, 0) is 4.79 Å². The van der Waals surface area contributed by atoms with Crippen LogP contribution in [0.25, 0.3) is 44.8 Å². The van der Waals surface area contributed by atoms with Gasteiger partial charge in [-0.25, -0.2) is 9.97 Å². The van der Waals surface area contributed by atoms with Crippen molar-refractivity contribution < 1.29 is 4.79 Å². The molecule has 0 aliphatic heterocycles. The summed E-state index contributed by atoms with van der Waals surface area (Å²) in [5.74, 6) is 0.505. The lowest BCUT2D eigenvalue weighted by Crippen LogP contribution is -2.27. The molecule has 154 valence electrons. The van der Waals surface area contributed by atoms with E-state index in [1.165, 1.54) is 0 Å². The highest BCUT2D eigenvalue weighted by Crippen LogP contribution is 2.28. The van der Waals surface area contributed by atoms with Crippen molar-refractivity contribution >= 4 is 33.7 Å². The van der Waals surface area contributed by atoms with E-state index in [-0.39, 0.29) is 5.91 Å². The van der Waals surface area contributed by atoms with Crippen LogP contribution in [-0.4, -0.2) is 66.6 Å². The molecule has 5 aromatic rings. The van der Waals surface area contributed by atoms with Crippen LogP contribution >= 0.6 is 0 Å². The fraction of sp³-hybridized carbons (Fsp3) is 0.143. The van der Waals surface area contributed by atoms with Crippen LogP contribution in [0.2, 0.25) is 0 Å². The van der Waals surface area contributed by atoms with Crippen molar-refractivity contribution in [2.24, 2.45) is 0 Å². The molecule has 5 aromatic heterocycles.